The van der Waals surface area contributed by atoms with Crippen molar-refractivity contribution in [1.29, 1.82) is 0 Å². The molecule has 0 saturated heterocycles. The Kier molecular flexibility index (Phi) is 7.12. The van der Waals surface area contributed by atoms with Crippen molar-refractivity contribution in [2.75, 3.05) is 20.8 Å². The minimum Gasteiger partial charge on any atom is -0.493 e. The first-order valence-corrected chi connectivity index (χ1v) is 7.47. The molecule has 0 fully saturated rings. The predicted molar refractivity (Wildman–Crippen MR) is 90.7 cm³/mol. The van der Waals surface area contributed by atoms with Crippen LogP contribution in [0.5, 0.6) is 11.5 Å². The van der Waals surface area contributed by atoms with Gasteiger partial charge in [0.05, 0.1) is 14.2 Å². The van der Waals surface area contributed by atoms with Crippen LogP contribution in [0, 0.1) is 11.8 Å². The molecule has 1 amide bonds. The van der Waals surface area contributed by atoms with Crippen LogP contribution < -0.4 is 14.8 Å². The highest BCUT2D eigenvalue weighted by Gasteiger charge is 2.15. The zero-order valence-corrected chi connectivity index (χ0v) is 14.7. The summed E-state index contributed by atoms with van der Waals surface area (Å²) in [4.78, 5) is 22.7. The summed E-state index contributed by atoms with van der Waals surface area (Å²) in [6.07, 6.45) is 0.653. The number of aldehydes is 1. The maximum atomic E-state index is 11.5. The standard InChI is InChI=1S/C18H23NO5/c1-18(2,3)24-17(21)19-9-7-6-8-13-10-15(22-4)16(23-5)11-14(13)12-20/h10-12H,7,9H2,1-5H3,(H,19,21). The molecule has 0 atom stereocenters. The Morgan fingerprint density at radius 2 is 1.83 bits per heavy atom. The summed E-state index contributed by atoms with van der Waals surface area (Å²) in [5.74, 6) is 6.78. The van der Waals surface area contributed by atoms with Crippen molar-refractivity contribution < 1.29 is 23.8 Å². The van der Waals surface area contributed by atoms with E-state index < -0.39 is 11.7 Å². The maximum Gasteiger partial charge on any atom is 0.407 e. The first-order chi connectivity index (χ1) is 11.3. The molecule has 130 valence electrons. The quantitative estimate of drug-likeness (QED) is 0.509. The van der Waals surface area contributed by atoms with Crippen molar-refractivity contribution in [3.05, 3.63) is 23.3 Å². The van der Waals surface area contributed by atoms with E-state index in [9.17, 15) is 9.59 Å². The van der Waals surface area contributed by atoms with Gasteiger partial charge in [-0.05, 0) is 26.8 Å². The average Bonchev–Trinajstić information content (AvgIpc) is 2.52. The van der Waals surface area contributed by atoms with Gasteiger partial charge in [-0.3, -0.25) is 4.79 Å². The van der Waals surface area contributed by atoms with Crippen molar-refractivity contribution in [3.8, 4) is 23.3 Å². The van der Waals surface area contributed by atoms with E-state index in [-0.39, 0.29) is 0 Å². The fourth-order valence-corrected chi connectivity index (χ4v) is 1.80. The summed E-state index contributed by atoms with van der Waals surface area (Å²) in [6.45, 7) is 5.74. The highest BCUT2D eigenvalue weighted by atomic mass is 16.6. The monoisotopic (exact) mass is 333 g/mol. The van der Waals surface area contributed by atoms with Crippen LogP contribution in [0.1, 0.15) is 43.1 Å². The molecular formula is C18H23NO5. The molecule has 0 heterocycles. The summed E-state index contributed by atoms with van der Waals surface area (Å²) in [7, 11) is 3.01. The van der Waals surface area contributed by atoms with Crippen LogP contribution in [-0.2, 0) is 4.74 Å². The van der Waals surface area contributed by atoms with Crippen LogP contribution in [0.4, 0.5) is 4.79 Å². The number of nitrogens with one attached hydrogen (secondary N) is 1. The molecule has 0 bridgehead atoms. The Bertz CT molecular complexity index is 650. The van der Waals surface area contributed by atoms with Crippen LogP contribution >= 0.6 is 0 Å². The first-order valence-electron chi connectivity index (χ1n) is 7.47. The summed E-state index contributed by atoms with van der Waals surface area (Å²) < 4.78 is 15.5. The van der Waals surface area contributed by atoms with Gasteiger partial charge in [0.25, 0.3) is 0 Å². The van der Waals surface area contributed by atoms with Gasteiger partial charge in [0.15, 0.2) is 17.8 Å². The van der Waals surface area contributed by atoms with Gasteiger partial charge in [-0.25, -0.2) is 4.79 Å². The number of hydrogen-bond donors (Lipinski definition) is 1. The van der Waals surface area contributed by atoms with E-state index in [0.29, 0.717) is 41.9 Å². The smallest absolute Gasteiger partial charge is 0.407 e. The highest BCUT2D eigenvalue weighted by molar-refractivity contribution is 5.81. The fourth-order valence-electron chi connectivity index (χ4n) is 1.80. The third-order valence-corrected chi connectivity index (χ3v) is 2.82. The molecule has 1 N–H and O–H groups in total. The van der Waals surface area contributed by atoms with Gasteiger partial charge in [0.2, 0.25) is 0 Å². The molecule has 6 heteroatoms. The summed E-state index contributed by atoms with van der Waals surface area (Å²) in [6, 6.07) is 3.23. The zero-order chi connectivity index (χ0) is 18.2. The molecule has 0 saturated carbocycles. The van der Waals surface area contributed by atoms with Crippen LogP contribution in [0.25, 0.3) is 0 Å². The Morgan fingerprint density at radius 3 is 2.38 bits per heavy atom. The van der Waals surface area contributed by atoms with Crippen molar-refractivity contribution in [2.45, 2.75) is 32.8 Å². The van der Waals surface area contributed by atoms with Crippen molar-refractivity contribution >= 4 is 12.4 Å². The van der Waals surface area contributed by atoms with E-state index in [1.54, 1.807) is 32.9 Å². The summed E-state index contributed by atoms with van der Waals surface area (Å²) in [5, 5.41) is 2.62. The second-order valence-corrected chi connectivity index (χ2v) is 5.89. The normalized spacial score (nSPS) is 10.2. The number of methoxy groups -OCH3 is 2. The van der Waals surface area contributed by atoms with Gasteiger partial charge in [0, 0.05) is 30.2 Å². The Balaban J connectivity index is 2.69. The molecule has 0 radical (unpaired) electrons. The molecule has 0 aliphatic carbocycles. The SMILES string of the molecule is COc1cc(C#CCCNC(=O)OC(C)(C)C)c(C=O)cc1OC. The average molecular weight is 333 g/mol. The molecule has 1 aromatic carbocycles. The topological polar surface area (TPSA) is 73.9 Å². The largest absolute Gasteiger partial charge is 0.493 e. The highest BCUT2D eigenvalue weighted by Crippen LogP contribution is 2.29. The van der Waals surface area contributed by atoms with E-state index in [4.69, 9.17) is 14.2 Å². The van der Waals surface area contributed by atoms with Crippen LogP contribution in [0.15, 0.2) is 12.1 Å². The van der Waals surface area contributed by atoms with Gasteiger partial charge in [-0.15, -0.1) is 0 Å². The third-order valence-electron chi connectivity index (χ3n) is 2.82. The zero-order valence-electron chi connectivity index (χ0n) is 14.7. The Morgan fingerprint density at radius 1 is 1.21 bits per heavy atom. The van der Waals surface area contributed by atoms with Crippen LogP contribution in [-0.4, -0.2) is 38.7 Å². The number of hydrogen-bond acceptors (Lipinski definition) is 5. The molecule has 0 aliphatic rings. The molecular weight excluding hydrogens is 310 g/mol. The minimum atomic E-state index is -0.533. The lowest BCUT2D eigenvalue weighted by Crippen LogP contribution is -2.32. The lowest BCUT2D eigenvalue weighted by molar-refractivity contribution is 0.0529. The molecule has 24 heavy (non-hydrogen) atoms. The number of amides is 1. The second-order valence-electron chi connectivity index (χ2n) is 5.89. The van der Waals surface area contributed by atoms with E-state index >= 15 is 0 Å². The molecule has 0 aliphatic heterocycles. The molecule has 6 nitrogen and oxygen atoms in total. The van der Waals surface area contributed by atoms with Gasteiger partial charge < -0.3 is 19.5 Å². The van der Waals surface area contributed by atoms with Crippen molar-refractivity contribution in [1.82, 2.24) is 5.32 Å². The molecule has 1 aromatic rings. The molecule has 0 unspecified atom stereocenters. The number of carbonyl (C=O) groups excluding carboxylic acids is 2. The lowest BCUT2D eigenvalue weighted by atomic mass is 10.1. The van der Waals surface area contributed by atoms with E-state index in [0.717, 1.165) is 0 Å². The first kappa shape index (κ1) is 19.4. The second kappa shape index (κ2) is 8.82. The number of ether oxygens (including phenoxy) is 3. The van der Waals surface area contributed by atoms with Gasteiger partial charge in [0.1, 0.15) is 5.60 Å². The minimum absolute atomic E-state index is 0.353. The van der Waals surface area contributed by atoms with E-state index in [1.807, 2.05) is 0 Å². The summed E-state index contributed by atoms with van der Waals surface area (Å²) in [5.41, 5.74) is 0.425. The third kappa shape index (κ3) is 6.21. The number of carbonyl (C=O) groups is 2. The number of benzene rings is 1. The molecule has 1 rings (SSSR count). The predicted octanol–water partition coefficient (Wildman–Crippen LogP) is 2.78. The van der Waals surface area contributed by atoms with Crippen LogP contribution in [0.3, 0.4) is 0 Å². The summed E-state index contributed by atoms with van der Waals surface area (Å²) >= 11 is 0. The Labute approximate surface area is 142 Å². The van der Waals surface area contributed by atoms with E-state index in [1.165, 1.54) is 14.2 Å². The van der Waals surface area contributed by atoms with Crippen molar-refractivity contribution in [2.24, 2.45) is 0 Å². The van der Waals surface area contributed by atoms with Crippen molar-refractivity contribution in [3.63, 3.8) is 0 Å². The number of rotatable bonds is 5. The van der Waals surface area contributed by atoms with Gasteiger partial charge in [-0.2, -0.15) is 0 Å². The fraction of sp³-hybridized carbons (Fsp3) is 0.444. The molecule has 0 aromatic heterocycles. The molecule has 0 spiro atoms. The van der Waals surface area contributed by atoms with Gasteiger partial charge in [-0.1, -0.05) is 11.8 Å². The maximum absolute atomic E-state index is 11.5. The Hall–Kier alpha value is -2.68. The van der Waals surface area contributed by atoms with Gasteiger partial charge >= 0.3 is 6.09 Å². The van der Waals surface area contributed by atoms with E-state index in [2.05, 4.69) is 17.2 Å². The number of alkyl carbamates (subject to hydrolysis) is 1. The van der Waals surface area contributed by atoms with Crippen LogP contribution in [0.2, 0.25) is 0 Å². The lowest BCUT2D eigenvalue weighted by Gasteiger charge is -2.19.